The van der Waals surface area contributed by atoms with E-state index < -0.39 is 0 Å². The van der Waals surface area contributed by atoms with E-state index in [0.29, 0.717) is 17.2 Å². The van der Waals surface area contributed by atoms with Crippen LogP contribution in [-0.4, -0.2) is 30.2 Å². The standard InChI is InChI=1S/C13H15N3O2/c1-18-10-4-2-3-9-11(8-5-6-14-7-8)15-13(17)16-12(9)10/h2-4,8,14H,5-7H2,1H3,(H,15,16,17). The first-order chi connectivity index (χ1) is 8.79. The lowest BCUT2D eigenvalue weighted by Crippen LogP contribution is -2.17. The quantitative estimate of drug-likeness (QED) is 0.828. The van der Waals surface area contributed by atoms with E-state index in [0.717, 1.165) is 30.6 Å². The van der Waals surface area contributed by atoms with Crippen molar-refractivity contribution >= 4 is 10.9 Å². The van der Waals surface area contributed by atoms with E-state index in [1.54, 1.807) is 7.11 Å². The van der Waals surface area contributed by atoms with Crippen molar-refractivity contribution < 1.29 is 4.74 Å². The summed E-state index contributed by atoms with van der Waals surface area (Å²) in [5.74, 6) is 0.987. The smallest absolute Gasteiger partial charge is 0.345 e. The van der Waals surface area contributed by atoms with Crippen molar-refractivity contribution in [3.8, 4) is 5.75 Å². The molecule has 0 bridgehead atoms. The van der Waals surface area contributed by atoms with Crippen LogP contribution in [0.3, 0.4) is 0 Å². The number of hydrogen-bond donors (Lipinski definition) is 2. The van der Waals surface area contributed by atoms with Crippen molar-refractivity contribution in [2.75, 3.05) is 20.2 Å². The van der Waals surface area contributed by atoms with Crippen LogP contribution in [0.5, 0.6) is 5.75 Å². The number of rotatable bonds is 2. The van der Waals surface area contributed by atoms with E-state index >= 15 is 0 Å². The lowest BCUT2D eigenvalue weighted by Gasteiger charge is -2.12. The third-order valence-corrected chi connectivity index (χ3v) is 3.43. The van der Waals surface area contributed by atoms with Gasteiger partial charge >= 0.3 is 5.69 Å². The molecule has 2 N–H and O–H groups in total. The number of hydrogen-bond acceptors (Lipinski definition) is 4. The third kappa shape index (κ3) is 1.76. The minimum Gasteiger partial charge on any atom is -0.494 e. The van der Waals surface area contributed by atoms with Gasteiger partial charge in [0.25, 0.3) is 0 Å². The van der Waals surface area contributed by atoms with Crippen LogP contribution in [0.1, 0.15) is 18.0 Å². The summed E-state index contributed by atoms with van der Waals surface area (Å²) in [6.45, 7) is 1.88. The van der Waals surface area contributed by atoms with Gasteiger partial charge in [-0.25, -0.2) is 4.79 Å². The highest BCUT2D eigenvalue weighted by atomic mass is 16.5. The maximum absolute atomic E-state index is 11.7. The van der Waals surface area contributed by atoms with Gasteiger partial charge < -0.3 is 15.0 Å². The predicted octanol–water partition coefficient (Wildman–Crippen LogP) is 1.01. The maximum atomic E-state index is 11.7. The Bertz CT molecular complexity index is 630. The average Bonchev–Trinajstić information content (AvgIpc) is 2.90. The first-order valence-electron chi connectivity index (χ1n) is 6.07. The van der Waals surface area contributed by atoms with Gasteiger partial charge in [0, 0.05) is 23.5 Å². The molecule has 0 aliphatic carbocycles. The molecule has 5 nitrogen and oxygen atoms in total. The topological polar surface area (TPSA) is 67.0 Å². The zero-order chi connectivity index (χ0) is 12.5. The second-order valence-corrected chi connectivity index (χ2v) is 4.50. The van der Waals surface area contributed by atoms with Gasteiger partial charge in [-0.1, -0.05) is 12.1 Å². The summed E-state index contributed by atoms with van der Waals surface area (Å²) in [5.41, 5.74) is 1.30. The SMILES string of the molecule is COc1cccc2c(C3CCNC3)[nH]c(=O)nc12. The molecule has 0 saturated carbocycles. The Morgan fingerprint density at radius 3 is 3.06 bits per heavy atom. The highest BCUT2D eigenvalue weighted by molar-refractivity contribution is 5.86. The van der Waals surface area contributed by atoms with Crippen molar-refractivity contribution in [2.45, 2.75) is 12.3 Å². The van der Waals surface area contributed by atoms with Gasteiger partial charge in [-0.05, 0) is 19.0 Å². The second-order valence-electron chi connectivity index (χ2n) is 4.50. The fourth-order valence-corrected chi connectivity index (χ4v) is 2.55. The van der Waals surface area contributed by atoms with Crippen LogP contribution in [-0.2, 0) is 0 Å². The summed E-state index contributed by atoms with van der Waals surface area (Å²) in [5, 5.41) is 4.28. The van der Waals surface area contributed by atoms with Gasteiger partial charge in [-0.3, -0.25) is 0 Å². The first-order valence-corrected chi connectivity index (χ1v) is 6.07. The molecular formula is C13H15N3O2. The highest BCUT2D eigenvalue weighted by Crippen LogP contribution is 2.29. The number of aromatic nitrogens is 2. The lowest BCUT2D eigenvalue weighted by molar-refractivity contribution is 0.418. The number of fused-ring (bicyclic) bond motifs is 1. The summed E-state index contributed by atoms with van der Waals surface area (Å²) in [4.78, 5) is 18.6. The minimum absolute atomic E-state index is 0.311. The molecule has 18 heavy (non-hydrogen) atoms. The monoisotopic (exact) mass is 245 g/mol. The van der Waals surface area contributed by atoms with Crippen LogP contribution < -0.4 is 15.7 Å². The summed E-state index contributed by atoms with van der Waals surface area (Å²) >= 11 is 0. The second kappa shape index (κ2) is 4.42. The Labute approximate surface area is 104 Å². The van der Waals surface area contributed by atoms with Crippen LogP contribution in [0.25, 0.3) is 10.9 Å². The van der Waals surface area contributed by atoms with E-state index in [-0.39, 0.29) is 5.69 Å². The molecule has 94 valence electrons. The molecule has 2 aromatic rings. The third-order valence-electron chi connectivity index (χ3n) is 3.43. The lowest BCUT2D eigenvalue weighted by atomic mass is 10.00. The predicted molar refractivity (Wildman–Crippen MR) is 69.1 cm³/mol. The normalized spacial score (nSPS) is 19.3. The molecule has 0 amide bonds. The molecule has 3 rings (SSSR count). The fourth-order valence-electron chi connectivity index (χ4n) is 2.55. The van der Waals surface area contributed by atoms with E-state index in [2.05, 4.69) is 15.3 Å². The van der Waals surface area contributed by atoms with E-state index in [9.17, 15) is 4.79 Å². The molecule has 0 radical (unpaired) electrons. The van der Waals surface area contributed by atoms with Crippen molar-refractivity contribution in [3.05, 3.63) is 34.4 Å². The molecule has 5 heteroatoms. The summed E-state index contributed by atoms with van der Waals surface area (Å²) in [6.07, 6.45) is 1.03. The number of H-pyrrole nitrogens is 1. The Morgan fingerprint density at radius 1 is 1.44 bits per heavy atom. The van der Waals surface area contributed by atoms with Gasteiger partial charge in [0.15, 0.2) is 0 Å². The largest absolute Gasteiger partial charge is 0.494 e. The van der Waals surface area contributed by atoms with Gasteiger partial charge in [-0.15, -0.1) is 0 Å². The fraction of sp³-hybridized carbons (Fsp3) is 0.385. The maximum Gasteiger partial charge on any atom is 0.345 e. The van der Waals surface area contributed by atoms with Crippen LogP contribution in [0, 0.1) is 0 Å². The molecule has 1 aliphatic heterocycles. The molecule has 1 aromatic heterocycles. The number of nitrogens with one attached hydrogen (secondary N) is 2. The number of aromatic amines is 1. The van der Waals surface area contributed by atoms with Gasteiger partial charge in [0.2, 0.25) is 0 Å². The van der Waals surface area contributed by atoms with Crippen molar-refractivity contribution in [2.24, 2.45) is 0 Å². The number of ether oxygens (including phenoxy) is 1. The van der Waals surface area contributed by atoms with E-state index in [1.807, 2.05) is 18.2 Å². The van der Waals surface area contributed by atoms with Gasteiger partial charge in [-0.2, -0.15) is 4.98 Å². The van der Waals surface area contributed by atoms with Crippen LogP contribution in [0.15, 0.2) is 23.0 Å². The molecule has 1 atom stereocenters. The highest BCUT2D eigenvalue weighted by Gasteiger charge is 2.21. The van der Waals surface area contributed by atoms with Crippen LogP contribution in [0.4, 0.5) is 0 Å². The molecule has 1 aliphatic rings. The number of para-hydroxylation sites is 1. The summed E-state index contributed by atoms with van der Waals surface area (Å²) < 4.78 is 5.27. The molecule has 1 unspecified atom stereocenters. The average molecular weight is 245 g/mol. The van der Waals surface area contributed by atoms with Crippen molar-refractivity contribution in [1.29, 1.82) is 0 Å². The molecule has 1 saturated heterocycles. The zero-order valence-electron chi connectivity index (χ0n) is 10.2. The molecule has 0 spiro atoms. The molecule has 1 fully saturated rings. The number of methoxy groups -OCH3 is 1. The van der Waals surface area contributed by atoms with Crippen molar-refractivity contribution in [1.82, 2.24) is 15.3 Å². The summed E-state index contributed by atoms with van der Waals surface area (Å²) in [7, 11) is 1.59. The molecule has 1 aromatic carbocycles. The zero-order valence-corrected chi connectivity index (χ0v) is 10.2. The number of nitrogens with zero attached hydrogens (tertiary/aromatic N) is 1. The number of benzene rings is 1. The molecular weight excluding hydrogens is 230 g/mol. The van der Waals surface area contributed by atoms with Crippen LogP contribution in [0.2, 0.25) is 0 Å². The summed E-state index contributed by atoms with van der Waals surface area (Å²) in [6, 6.07) is 5.73. The Hall–Kier alpha value is -1.88. The van der Waals surface area contributed by atoms with Gasteiger partial charge in [0.1, 0.15) is 11.3 Å². The Morgan fingerprint density at radius 2 is 2.33 bits per heavy atom. The minimum atomic E-state index is -0.311. The first kappa shape index (κ1) is 11.2. The molecule has 2 heterocycles. The van der Waals surface area contributed by atoms with Crippen LogP contribution >= 0.6 is 0 Å². The van der Waals surface area contributed by atoms with Crippen molar-refractivity contribution in [3.63, 3.8) is 0 Å². The van der Waals surface area contributed by atoms with Gasteiger partial charge in [0.05, 0.1) is 7.11 Å². The van der Waals surface area contributed by atoms with E-state index in [4.69, 9.17) is 4.74 Å². The van der Waals surface area contributed by atoms with E-state index in [1.165, 1.54) is 0 Å². The Balaban J connectivity index is 2.27. The Kier molecular flexibility index (Phi) is 2.76.